The van der Waals surface area contributed by atoms with E-state index < -0.39 is 20.8 Å². The fourth-order valence-electron chi connectivity index (χ4n) is 3.40. The first kappa shape index (κ1) is 17.8. The number of benzene rings is 1. The number of nitrogens with zero attached hydrogens (tertiary/aromatic N) is 1. The van der Waals surface area contributed by atoms with Crippen LogP contribution in [-0.2, 0) is 20.8 Å². The van der Waals surface area contributed by atoms with Gasteiger partial charge in [0.25, 0.3) is 0 Å². The quantitative estimate of drug-likeness (QED) is 0.709. The summed E-state index contributed by atoms with van der Waals surface area (Å²) < 4.78 is 40.3. The van der Waals surface area contributed by atoms with E-state index in [2.05, 4.69) is 10.0 Å². The third-order valence-corrected chi connectivity index (χ3v) is 7.74. The van der Waals surface area contributed by atoms with E-state index in [1.807, 2.05) is 17.9 Å². The first-order chi connectivity index (χ1) is 11.5. The van der Waals surface area contributed by atoms with Crippen LogP contribution in [0.3, 0.4) is 0 Å². The molecule has 1 aromatic carbocycles. The standard InChI is InChI=1S/C16H25N3O3S2/c1-2-19-12-23(20)16-14(19)8-5-9-15(16)24(21,22)18-11-10-17-13-6-3-4-7-13/h5,8-9,13,17-18H,2-4,6-7,10-12H2,1H3. The highest BCUT2D eigenvalue weighted by molar-refractivity contribution is 7.91. The Morgan fingerprint density at radius 2 is 2.00 bits per heavy atom. The molecule has 0 saturated heterocycles. The molecule has 1 aliphatic heterocycles. The number of nitrogens with one attached hydrogen (secondary N) is 2. The molecule has 1 unspecified atom stereocenters. The van der Waals surface area contributed by atoms with Crippen molar-refractivity contribution in [3.63, 3.8) is 0 Å². The molecule has 0 amide bonds. The average Bonchev–Trinajstić information content (AvgIpc) is 3.19. The van der Waals surface area contributed by atoms with Crippen molar-refractivity contribution in [2.75, 3.05) is 30.4 Å². The van der Waals surface area contributed by atoms with Crippen LogP contribution in [0, 0.1) is 0 Å². The van der Waals surface area contributed by atoms with Crippen molar-refractivity contribution >= 4 is 26.5 Å². The number of hydrogen-bond donors (Lipinski definition) is 2. The highest BCUT2D eigenvalue weighted by Crippen LogP contribution is 2.35. The van der Waals surface area contributed by atoms with Crippen LogP contribution in [-0.4, -0.2) is 44.2 Å². The van der Waals surface area contributed by atoms with Gasteiger partial charge in [0, 0.05) is 25.7 Å². The molecule has 0 bridgehead atoms. The van der Waals surface area contributed by atoms with Crippen LogP contribution in [0.4, 0.5) is 5.69 Å². The Balaban J connectivity index is 1.69. The van der Waals surface area contributed by atoms with Gasteiger partial charge in [-0.25, -0.2) is 13.1 Å². The molecule has 8 heteroatoms. The van der Waals surface area contributed by atoms with Gasteiger partial charge >= 0.3 is 0 Å². The summed E-state index contributed by atoms with van der Waals surface area (Å²) in [5.74, 6) is 0.363. The van der Waals surface area contributed by atoms with Crippen molar-refractivity contribution in [3.8, 4) is 0 Å². The molecule has 0 spiro atoms. The summed E-state index contributed by atoms with van der Waals surface area (Å²) in [7, 11) is -4.96. The summed E-state index contributed by atoms with van der Waals surface area (Å²) in [6.45, 7) is 3.64. The van der Waals surface area contributed by atoms with Gasteiger partial charge in [0.1, 0.15) is 4.90 Å². The summed E-state index contributed by atoms with van der Waals surface area (Å²) in [5, 5.41) is 3.39. The van der Waals surface area contributed by atoms with E-state index in [0.717, 1.165) is 5.69 Å². The van der Waals surface area contributed by atoms with Crippen molar-refractivity contribution in [1.29, 1.82) is 0 Å². The molecule has 3 rings (SSSR count). The van der Waals surface area contributed by atoms with Crippen molar-refractivity contribution in [1.82, 2.24) is 10.0 Å². The molecule has 24 heavy (non-hydrogen) atoms. The normalized spacial score (nSPS) is 21.4. The highest BCUT2D eigenvalue weighted by atomic mass is 32.2. The maximum atomic E-state index is 12.6. The Morgan fingerprint density at radius 3 is 2.71 bits per heavy atom. The van der Waals surface area contributed by atoms with Gasteiger partial charge in [-0.1, -0.05) is 18.9 Å². The third kappa shape index (κ3) is 3.66. The Labute approximate surface area is 146 Å². The minimum Gasteiger partial charge on any atom is -0.359 e. The van der Waals surface area contributed by atoms with Crippen LogP contribution in [0.2, 0.25) is 0 Å². The van der Waals surface area contributed by atoms with E-state index >= 15 is 0 Å². The van der Waals surface area contributed by atoms with Crippen LogP contribution < -0.4 is 14.9 Å². The lowest BCUT2D eigenvalue weighted by Crippen LogP contribution is -2.36. The van der Waals surface area contributed by atoms with Crippen LogP contribution in [0.15, 0.2) is 28.0 Å². The van der Waals surface area contributed by atoms with Crippen molar-refractivity contribution < 1.29 is 12.6 Å². The number of sulfonamides is 1. The molecular weight excluding hydrogens is 346 g/mol. The Morgan fingerprint density at radius 1 is 1.25 bits per heavy atom. The van der Waals surface area contributed by atoms with Gasteiger partial charge in [0.15, 0.2) is 0 Å². The van der Waals surface area contributed by atoms with Crippen LogP contribution in [0.5, 0.6) is 0 Å². The van der Waals surface area contributed by atoms with Crippen LogP contribution in [0.25, 0.3) is 0 Å². The molecule has 1 aromatic rings. The Kier molecular flexibility index (Phi) is 5.59. The molecule has 2 N–H and O–H groups in total. The van der Waals surface area contributed by atoms with Gasteiger partial charge in [-0.15, -0.1) is 0 Å². The molecule has 6 nitrogen and oxygen atoms in total. The molecule has 1 atom stereocenters. The first-order valence-corrected chi connectivity index (χ1v) is 11.3. The van der Waals surface area contributed by atoms with Crippen molar-refractivity contribution in [2.24, 2.45) is 0 Å². The average molecular weight is 372 g/mol. The Bertz CT molecular complexity index is 715. The van der Waals surface area contributed by atoms with E-state index in [9.17, 15) is 12.6 Å². The largest absolute Gasteiger partial charge is 0.359 e. The molecule has 134 valence electrons. The van der Waals surface area contributed by atoms with E-state index in [0.29, 0.717) is 36.4 Å². The molecule has 1 fully saturated rings. The molecule has 0 aromatic heterocycles. The van der Waals surface area contributed by atoms with Crippen LogP contribution in [0.1, 0.15) is 32.6 Å². The molecule has 1 aliphatic carbocycles. The molecule has 1 saturated carbocycles. The second-order valence-corrected chi connectivity index (χ2v) is 9.36. The second-order valence-electron chi connectivity index (χ2n) is 6.27. The summed E-state index contributed by atoms with van der Waals surface area (Å²) in [5.41, 5.74) is 0.766. The van der Waals surface area contributed by atoms with Gasteiger partial charge in [-0.3, -0.25) is 4.21 Å². The summed E-state index contributed by atoms with van der Waals surface area (Å²) >= 11 is 0. The molecule has 0 radical (unpaired) electrons. The topological polar surface area (TPSA) is 78.5 Å². The minimum atomic E-state index is -3.66. The smallest absolute Gasteiger partial charge is 0.241 e. The zero-order valence-electron chi connectivity index (χ0n) is 14.0. The third-order valence-electron chi connectivity index (χ3n) is 4.68. The molecule has 1 heterocycles. The van der Waals surface area contributed by atoms with Crippen molar-refractivity contribution in [2.45, 2.75) is 48.4 Å². The zero-order valence-corrected chi connectivity index (χ0v) is 15.6. The fourth-order valence-corrected chi connectivity index (χ4v) is 6.60. The van der Waals surface area contributed by atoms with Crippen molar-refractivity contribution in [3.05, 3.63) is 18.2 Å². The van der Waals surface area contributed by atoms with E-state index in [-0.39, 0.29) is 4.90 Å². The number of rotatable bonds is 7. The van der Waals surface area contributed by atoms with E-state index in [4.69, 9.17) is 0 Å². The van der Waals surface area contributed by atoms with E-state index in [1.165, 1.54) is 25.7 Å². The van der Waals surface area contributed by atoms with Gasteiger partial charge in [-0.05, 0) is 31.9 Å². The first-order valence-electron chi connectivity index (χ1n) is 8.52. The lowest BCUT2D eigenvalue weighted by molar-refractivity contribution is 0.520. The lowest BCUT2D eigenvalue weighted by Gasteiger charge is -2.16. The Hall–Kier alpha value is -0.960. The predicted octanol–water partition coefficient (Wildman–Crippen LogP) is 1.40. The van der Waals surface area contributed by atoms with Gasteiger partial charge in [-0.2, -0.15) is 0 Å². The SMILES string of the molecule is CCN1CS(=O)c2c1cccc2S(=O)(=O)NCCNC1CCCC1. The minimum absolute atomic E-state index is 0.148. The van der Waals surface area contributed by atoms with Gasteiger partial charge < -0.3 is 10.2 Å². The second kappa shape index (κ2) is 7.51. The number of fused-ring (bicyclic) bond motifs is 1. The van der Waals surface area contributed by atoms with Crippen LogP contribution >= 0.6 is 0 Å². The molecular formula is C16H25N3O3S2. The molecule has 2 aliphatic rings. The lowest BCUT2D eigenvalue weighted by atomic mass is 10.2. The summed E-state index contributed by atoms with van der Waals surface area (Å²) in [6, 6.07) is 5.61. The number of anilines is 1. The summed E-state index contributed by atoms with van der Waals surface area (Å²) in [4.78, 5) is 2.54. The monoisotopic (exact) mass is 371 g/mol. The fraction of sp³-hybridized carbons (Fsp3) is 0.625. The highest BCUT2D eigenvalue weighted by Gasteiger charge is 2.31. The van der Waals surface area contributed by atoms with E-state index in [1.54, 1.807) is 12.1 Å². The summed E-state index contributed by atoms with van der Waals surface area (Å²) in [6.07, 6.45) is 4.84. The zero-order chi connectivity index (χ0) is 17.2. The maximum Gasteiger partial charge on any atom is 0.241 e. The van der Waals surface area contributed by atoms with Gasteiger partial charge in [0.05, 0.1) is 27.3 Å². The number of hydrogen-bond acceptors (Lipinski definition) is 5. The maximum absolute atomic E-state index is 12.6. The predicted molar refractivity (Wildman–Crippen MR) is 96.2 cm³/mol. The van der Waals surface area contributed by atoms with Gasteiger partial charge in [0.2, 0.25) is 10.0 Å².